The lowest BCUT2D eigenvalue weighted by Gasteiger charge is -2.27. The van der Waals surface area contributed by atoms with Gasteiger partial charge in [-0.15, -0.1) is 16.5 Å². The number of hydrogen-bond donors (Lipinski definition) is 1. The highest BCUT2D eigenvalue weighted by Gasteiger charge is 2.26. The maximum Gasteiger partial charge on any atom is 0.340 e. The molecule has 2 amide bonds. The molecule has 15 heavy (non-hydrogen) atoms. The smallest absolute Gasteiger partial charge is 0.335 e. The Kier molecular flexibility index (Phi) is 3.28. The highest BCUT2D eigenvalue weighted by molar-refractivity contribution is 6.18. The summed E-state index contributed by atoms with van der Waals surface area (Å²) in [4.78, 5) is 22.5. The van der Waals surface area contributed by atoms with Gasteiger partial charge >= 0.3 is 6.03 Å². The van der Waals surface area contributed by atoms with Crippen LogP contribution in [0.15, 0.2) is 5.29 Å². The van der Waals surface area contributed by atoms with Crippen molar-refractivity contribution in [3.8, 4) is 0 Å². The molecule has 0 aliphatic heterocycles. The van der Waals surface area contributed by atoms with Crippen LogP contribution in [-0.4, -0.2) is 29.4 Å². The van der Waals surface area contributed by atoms with Crippen LogP contribution in [0, 0.1) is 4.91 Å². The molecule has 1 N–H and O–H groups in total. The lowest BCUT2D eigenvalue weighted by atomic mass is 9.95. The van der Waals surface area contributed by atoms with E-state index in [1.165, 1.54) is 0 Å². The molecular formula is C9H16ClN3O2. The monoisotopic (exact) mass is 237 g/mol. The van der Waals surface area contributed by atoms with Crippen molar-refractivity contribution >= 4 is 17.6 Å². The number of alkyl halides is 1. The molecule has 0 saturated heterocycles. The molecule has 0 aromatic carbocycles. The second kappa shape index (κ2) is 6.61. The number of amides is 2. The molecule has 6 heteroatoms. The van der Waals surface area contributed by atoms with Crippen molar-refractivity contribution in [1.29, 1.82) is 0 Å². The molecule has 1 aliphatic rings. The highest BCUT2D eigenvalue weighted by atomic mass is 35.5. The minimum Gasteiger partial charge on any atom is -0.335 e. The molecular weight excluding hydrogens is 218 g/mol. The molecule has 0 atom stereocenters. The number of carbonyl (C=O) groups excluding carboxylic acids is 1. The molecule has 1 saturated carbocycles. The normalized spacial score (nSPS) is 23.0. The first kappa shape index (κ1) is 7.44. The summed E-state index contributed by atoms with van der Waals surface area (Å²) in [5.41, 5.74) is 0. The predicted octanol–water partition coefficient (Wildman–Crippen LogP) is 2.25. The van der Waals surface area contributed by atoms with Crippen molar-refractivity contribution in [2.75, 3.05) is 12.3 Å². The van der Waals surface area contributed by atoms with Gasteiger partial charge in [0.25, 0.3) is 0 Å². The van der Waals surface area contributed by atoms with Crippen LogP contribution >= 0.6 is 11.6 Å². The minimum atomic E-state index is -2.80. The Morgan fingerprint density at radius 1 is 1.53 bits per heavy atom. The van der Waals surface area contributed by atoms with E-state index in [0.29, 0.717) is 17.9 Å². The maximum atomic E-state index is 11.8. The molecule has 0 bridgehead atoms. The van der Waals surface area contributed by atoms with Gasteiger partial charge in [-0.3, -0.25) is 0 Å². The first-order valence-electron chi connectivity index (χ1n) is 6.82. The van der Waals surface area contributed by atoms with Gasteiger partial charge in [-0.1, -0.05) is 19.3 Å². The zero-order valence-electron chi connectivity index (χ0n) is 12.2. The van der Waals surface area contributed by atoms with Gasteiger partial charge in [-0.2, -0.15) is 5.01 Å². The number of halogens is 1. The van der Waals surface area contributed by atoms with Crippen LogP contribution in [0.3, 0.4) is 0 Å². The summed E-state index contributed by atoms with van der Waals surface area (Å²) in [6.07, 6.45) is 4.00. The summed E-state index contributed by atoms with van der Waals surface area (Å²) in [5.74, 6) is -2.79. The lowest BCUT2D eigenvalue weighted by molar-refractivity contribution is 0.158. The van der Waals surface area contributed by atoms with Crippen molar-refractivity contribution in [3.63, 3.8) is 0 Å². The molecule has 1 aliphatic carbocycles. The van der Waals surface area contributed by atoms with E-state index >= 15 is 0 Å². The molecule has 1 rings (SSSR count). The van der Waals surface area contributed by atoms with Gasteiger partial charge in [-0.05, 0) is 12.8 Å². The average Bonchev–Trinajstić information content (AvgIpc) is 2.29. The second-order valence-electron chi connectivity index (χ2n) is 3.37. The average molecular weight is 238 g/mol. The zero-order chi connectivity index (χ0) is 14.7. The van der Waals surface area contributed by atoms with Crippen LogP contribution in [0.25, 0.3) is 0 Å². The van der Waals surface area contributed by atoms with Crippen LogP contribution in [0.1, 0.15) is 37.6 Å². The van der Waals surface area contributed by atoms with E-state index in [1.54, 1.807) is 5.32 Å². The fraction of sp³-hybridized carbons (Fsp3) is 0.889. The van der Waals surface area contributed by atoms with Crippen molar-refractivity contribution in [2.45, 2.75) is 38.1 Å². The SMILES string of the molecule is [2H]C([2H])(Cl)C([2H])([2H])NC(=O)N(N=O)C1CCCCC1. The number of rotatable bonds is 4. The molecule has 0 aromatic rings. The summed E-state index contributed by atoms with van der Waals surface area (Å²) in [7, 11) is 0. The third kappa shape index (κ3) is 3.66. The molecule has 5 nitrogen and oxygen atoms in total. The van der Waals surface area contributed by atoms with Gasteiger partial charge in [0.05, 0.1) is 14.1 Å². The Bertz CT molecular complexity index is 345. The summed E-state index contributed by atoms with van der Waals surface area (Å²) in [6, 6.07) is -1.44. The van der Waals surface area contributed by atoms with Gasteiger partial charge in [-0.25, -0.2) is 4.79 Å². The number of urea groups is 1. The standard InChI is InChI=1S/C9H16ClN3O2/c10-6-7-11-9(14)13(12-15)8-4-2-1-3-5-8/h8H,1-7H2,(H,11,14)/i6D2,7D2. The summed E-state index contributed by atoms with van der Waals surface area (Å²) in [6.45, 7) is -2.80. The van der Waals surface area contributed by atoms with Crippen molar-refractivity contribution in [1.82, 2.24) is 10.3 Å². The largest absolute Gasteiger partial charge is 0.340 e. The third-order valence-electron chi connectivity index (χ3n) is 2.43. The fourth-order valence-electron chi connectivity index (χ4n) is 1.73. The molecule has 0 aromatic heterocycles. The molecule has 0 heterocycles. The number of hydrogen-bond acceptors (Lipinski definition) is 3. The summed E-state index contributed by atoms with van der Waals surface area (Å²) >= 11 is 5.22. The second-order valence-corrected chi connectivity index (χ2v) is 3.56. The quantitative estimate of drug-likeness (QED) is 0.463. The van der Waals surface area contributed by atoms with Crippen LogP contribution in [0.4, 0.5) is 4.79 Å². The Morgan fingerprint density at radius 2 is 2.20 bits per heavy atom. The van der Waals surface area contributed by atoms with E-state index in [4.69, 9.17) is 17.1 Å². The van der Waals surface area contributed by atoms with E-state index in [1.807, 2.05) is 0 Å². The van der Waals surface area contributed by atoms with Gasteiger partial charge < -0.3 is 5.32 Å². The van der Waals surface area contributed by atoms with E-state index in [2.05, 4.69) is 5.29 Å². The molecule has 86 valence electrons. The maximum absolute atomic E-state index is 11.8. The number of carbonyl (C=O) groups is 1. The molecule has 0 unspecified atom stereocenters. The Labute approximate surface area is 99.7 Å². The van der Waals surface area contributed by atoms with Gasteiger partial charge in [0.2, 0.25) is 0 Å². The van der Waals surface area contributed by atoms with Crippen molar-refractivity contribution in [2.24, 2.45) is 5.29 Å². The van der Waals surface area contributed by atoms with E-state index < -0.39 is 18.4 Å². The Morgan fingerprint density at radius 3 is 2.73 bits per heavy atom. The first-order chi connectivity index (χ1) is 8.69. The van der Waals surface area contributed by atoms with Gasteiger partial charge in [0.1, 0.15) is 0 Å². The van der Waals surface area contributed by atoms with E-state index in [9.17, 15) is 9.70 Å². The predicted molar refractivity (Wildman–Crippen MR) is 58.6 cm³/mol. The first-order valence-corrected chi connectivity index (χ1v) is 5.20. The third-order valence-corrected chi connectivity index (χ3v) is 2.53. The number of nitrogens with one attached hydrogen (secondary N) is 1. The zero-order valence-corrected chi connectivity index (χ0v) is 8.96. The number of nitroso groups, excluding NO2 is 1. The minimum absolute atomic E-state index is 0.372. The highest BCUT2D eigenvalue weighted by Crippen LogP contribution is 2.22. The summed E-state index contributed by atoms with van der Waals surface area (Å²) in [5, 5.41) is 5.02. The van der Waals surface area contributed by atoms with E-state index in [-0.39, 0.29) is 6.04 Å². The topological polar surface area (TPSA) is 61.8 Å². The Balaban J connectivity index is 2.71. The van der Waals surface area contributed by atoms with E-state index in [0.717, 1.165) is 19.3 Å². The molecule has 0 radical (unpaired) electrons. The van der Waals surface area contributed by atoms with Crippen LogP contribution in [-0.2, 0) is 0 Å². The fourth-order valence-corrected chi connectivity index (χ4v) is 1.78. The molecule has 1 fully saturated rings. The van der Waals surface area contributed by atoms with Gasteiger partial charge in [0, 0.05) is 15.1 Å². The Hall–Kier alpha value is -0.840. The van der Waals surface area contributed by atoms with Crippen molar-refractivity contribution < 1.29 is 10.3 Å². The number of nitrogens with zero attached hydrogens (tertiary/aromatic N) is 2. The van der Waals surface area contributed by atoms with Crippen LogP contribution < -0.4 is 5.32 Å². The van der Waals surface area contributed by atoms with Crippen LogP contribution in [0.2, 0.25) is 0 Å². The van der Waals surface area contributed by atoms with Crippen LogP contribution in [0.5, 0.6) is 0 Å². The lowest BCUT2D eigenvalue weighted by Crippen LogP contribution is -2.44. The molecule has 0 spiro atoms. The van der Waals surface area contributed by atoms with Gasteiger partial charge in [0.15, 0.2) is 0 Å². The summed E-state index contributed by atoms with van der Waals surface area (Å²) < 4.78 is 28.9. The van der Waals surface area contributed by atoms with Crippen molar-refractivity contribution in [3.05, 3.63) is 4.91 Å².